The summed E-state index contributed by atoms with van der Waals surface area (Å²) in [5.74, 6) is -0.00734. The van der Waals surface area contributed by atoms with Crippen LogP contribution in [0.4, 0.5) is 10.2 Å². The summed E-state index contributed by atoms with van der Waals surface area (Å²) >= 11 is 0. The Balaban J connectivity index is 1.59. The quantitative estimate of drug-likeness (QED) is 0.802. The second-order valence-corrected chi connectivity index (χ2v) is 8.79. The van der Waals surface area contributed by atoms with E-state index < -0.39 is 9.84 Å². The van der Waals surface area contributed by atoms with Gasteiger partial charge in [-0.15, -0.1) is 0 Å². The van der Waals surface area contributed by atoms with Gasteiger partial charge in [-0.05, 0) is 30.5 Å². The van der Waals surface area contributed by atoms with Crippen molar-refractivity contribution >= 4 is 21.6 Å². The monoisotopic (exact) mass is 392 g/mol. The van der Waals surface area contributed by atoms with Crippen molar-refractivity contribution in [2.75, 3.05) is 30.4 Å². The third-order valence-corrected chi connectivity index (χ3v) is 6.35. The minimum absolute atomic E-state index is 0.0108. The average molecular weight is 392 g/mol. The van der Waals surface area contributed by atoms with Gasteiger partial charge in [-0.2, -0.15) is 0 Å². The van der Waals surface area contributed by atoms with Gasteiger partial charge in [0.05, 0.1) is 11.5 Å². The van der Waals surface area contributed by atoms with Crippen molar-refractivity contribution in [3.63, 3.8) is 0 Å². The lowest BCUT2D eigenvalue weighted by Crippen LogP contribution is -2.38. The molecule has 1 atom stereocenters. The zero-order valence-corrected chi connectivity index (χ0v) is 15.7. The third-order valence-electron chi connectivity index (χ3n) is 4.60. The number of nitrogens with one attached hydrogen (secondary N) is 1. The molecule has 1 N–H and O–H groups in total. The van der Waals surface area contributed by atoms with Crippen LogP contribution in [0.1, 0.15) is 22.5 Å². The fraction of sp³-hybridized carbons (Fsp3) is 0.389. The number of benzene rings is 1. The van der Waals surface area contributed by atoms with Gasteiger partial charge in [0.1, 0.15) is 23.7 Å². The molecule has 144 valence electrons. The molecule has 1 fully saturated rings. The third kappa shape index (κ3) is 5.00. The Morgan fingerprint density at radius 1 is 1.30 bits per heavy atom. The minimum atomic E-state index is -3.07. The number of hydrogen-bond donors (Lipinski definition) is 1. The van der Waals surface area contributed by atoms with Crippen LogP contribution in [0.25, 0.3) is 0 Å². The molecule has 1 unspecified atom stereocenters. The average Bonchev–Trinajstić information content (AvgIpc) is 3.02. The second kappa shape index (κ2) is 7.99. The van der Waals surface area contributed by atoms with Crippen molar-refractivity contribution in [3.05, 3.63) is 53.7 Å². The number of amides is 1. The molecule has 1 aromatic carbocycles. The van der Waals surface area contributed by atoms with Gasteiger partial charge in [0.25, 0.3) is 5.91 Å². The van der Waals surface area contributed by atoms with Crippen LogP contribution in [0, 0.1) is 5.82 Å². The van der Waals surface area contributed by atoms with Crippen LogP contribution in [-0.4, -0.2) is 60.3 Å². The van der Waals surface area contributed by atoms with Gasteiger partial charge < -0.3 is 10.2 Å². The van der Waals surface area contributed by atoms with E-state index in [1.165, 1.54) is 23.4 Å². The first-order chi connectivity index (χ1) is 12.8. The van der Waals surface area contributed by atoms with Gasteiger partial charge in [0, 0.05) is 25.7 Å². The Labute approximate surface area is 157 Å². The molecule has 0 aliphatic carbocycles. The number of carbonyl (C=O) groups is 1. The highest BCUT2D eigenvalue weighted by molar-refractivity contribution is 7.91. The Bertz CT molecular complexity index is 918. The minimum Gasteiger partial charge on any atom is -0.370 e. The highest BCUT2D eigenvalue weighted by Gasteiger charge is 2.33. The molecule has 0 bridgehead atoms. The molecule has 0 radical (unpaired) electrons. The maximum atomic E-state index is 12.9. The smallest absolute Gasteiger partial charge is 0.272 e. The number of aromatic nitrogens is 2. The number of hydrogen-bond acceptors (Lipinski definition) is 6. The van der Waals surface area contributed by atoms with E-state index in [0.717, 1.165) is 5.56 Å². The summed E-state index contributed by atoms with van der Waals surface area (Å²) in [7, 11) is -1.47. The number of nitrogens with zero attached hydrogens (tertiary/aromatic N) is 3. The summed E-state index contributed by atoms with van der Waals surface area (Å²) in [5.41, 5.74) is 1.19. The van der Waals surface area contributed by atoms with Crippen LogP contribution in [0.3, 0.4) is 0 Å². The van der Waals surface area contributed by atoms with Crippen LogP contribution in [0.2, 0.25) is 0 Å². The number of carbonyl (C=O) groups excluding carboxylic acids is 1. The molecule has 1 saturated heterocycles. The van der Waals surface area contributed by atoms with Crippen LogP contribution in [-0.2, 0) is 16.3 Å². The predicted octanol–water partition coefficient (Wildman–Crippen LogP) is 1.53. The van der Waals surface area contributed by atoms with Crippen LogP contribution < -0.4 is 5.32 Å². The topological polar surface area (TPSA) is 92.3 Å². The Kier molecular flexibility index (Phi) is 5.69. The summed E-state index contributed by atoms with van der Waals surface area (Å²) in [6, 6.07) is 7.48. The van der Waals surface area contributed by atoms with Gasteiger partial charge in [-0.1, -0.05) is 12.1 Å². The first-order valence-electron chi connectivity index (χ1n) is 8.62. The summed E-state index contributed by atoms with van der Waals surface area (Å²) in [6.07, 6.45) is 2.42. The lowest BCUT2D eigenvalue weighted by atomic mass is 10.1. The Morgan fingerprint density at radius 3 is 2.70 bits per heavy atom. The van der Waals surface area contributed by atoms with Gasteiger partial charge in [-0.25, -0.2) is 22.8 Å². The molecule has 7 nitrogen and oxygen atoms in total. The first kappa shape index (κ1) is 19.2. The molecule has 1 aliphatic heterocycles. The fourth-order valence-electron chi connectivity index (χ4n) is 2.98. The summed E-state index contributed by atoms with van der Waals surface area (Å²) in [6.45, 7) is 0.562. The van der Waals surface area contributed by atoms with E-state index in [2.05, 4.69) is 15.3 Å². The van der Waals surface area contributed by atoms with E-state index >= 15 is 0 Å². The van der Waals surface area contributed by atoms with Crippen LogP contribution >= 0.6 is 0 Å². The largest absolute Gasteiger partial charge is 0.370 e. The van der Waals surface area contributed by atoms with Gasteiger partial charge in [-0.3, -0.25) is 4.79 Å². The summed E-state index contributed by atoms with van der Waals surface area (Å²) in [5, 5.41) is 3.11. The molecular formula is C18H21FN4O3S. The molecule has 1 aromatic heterocycles. The van der Waals surface area contributed by atoms with Crippen molar-refractivity contribution in [1.82, 2.24) is 14.9 Å². The zero-order valence-electron chi connectivity index (χ0n) is 14.9. The normalized spacial score (nSPS) is 18.2. The SMILES string of the molecule is CN(C(=O)c1cc(NCCc2ccc(F)cc2)ncn1)C1CCS(=O)(=O)C1. The van der Waals surface area contributed by atoms with Crippen molar-refractivity contribution < 1.29 is 17.6 Å². The molecule has 27 heavy (non-hydrogen) atoms. The molecular weight excluding hydrogens is 371 g/mol. The van der Waals surface area contributed by atoms with Crippen molar-refractivity contribution in [2.45, 2.75) is 18.9 Å². The molecule has 0 spiro atoms. The van der Waals surface area contributed by atoms with Crippen molar-refractivity contribution in [2.24, 2.45) is 0 Å². The van der Waals surface area contributed by atoms with E-state index in [1.54, 1.807) is 25.2 Å². The van der Waals surface area contributed by atoms with Crippen molar-refractivity contribution in [1.29, 1.82) is 0 Å². The highest BCUT2D eigenvalue weighted by atomic mass is 32.2. The number of halogens is 1. The lowest BCUT2D eigenvalue weighted by molar-refractivity contribution is 0.0741. The van der Waals surface area contributed by atoms with E-state index in [0.29, 0.717) is 25.2 Å². The number of anilines is 1. The molecule has 1 aliphatic rings. The standard InChI is InChI=1S/C18H21FN4O3S/c1-23(15-7-9-27(25,26)11-15)18(24)16-10-17(22-12-21-16)20-8-6-13-2-4-14(19)5-3-13/h2-5,10,12,15H,6-9,11H2,1H3,(H,20,21,22). The number of rotatable bonds is 6. The maximum Gasteiger partial charge on any atom is 0.272 e. The lowest BCUT2D eigenvalue weighted by Gasteiger charge is -2.23. The van der Waals surface area contributed by atoms with Gasteiger partial charge >= 0.3 is 0 Å². The van der Waals surface area contributed by atoms with Gasteiger partial charge in [0.2, 0.25) is 0 Å². The highest BCUT2D eigenvalue weighted by Crippen LogP contribution is 2.18. The first-order valence-corrected chi connectivity index (χ1v) is 10.4. The molecule has 3 rings (SSSR count). The van der Waals surface area contributed by atoms with E-state index in [1.807, 2.05) is 0 Å². The molecule has 2 heterocycles. The summed E-state index contributed by atoms with van der Waals surface area (Å²) in [4.78, 5) is 22.1. The molecule has 9 heteroatoms. The predicted molar refractivity (Wildman–Crippen MR) is 99.8 cm³/mol. The fourth-order valence-corrected chi connectivity index (χ4v) is 4.76. The molecule has 2 aromatic rings. The van der Waals surface area contributed by atoms with Crippen LogP contribution in [0.15, 0.2) is 36.7 Å². The maximum absolute atomic E-state index is 12.9. The van der Waals surface area contributed by atoms with Gasteiger partial charge in [0.15, 0.2) is 9.84 Å². The Morgan fingerprint density at radius 2 is 2.04 bits per heavy atom. The van der Waals surface area contributed by atoms with Crippen molar-refractivity contribution in [3.8, 4) is 0 Å². The van der Waals surface area contributed by atoms with E-state index in [4.69, 9.17) is 0 Å². The molecule has 1 amide bonds. The van der Waals surface area contributed by atoms with Crippen LogP contribution in [0.5, 0.6) is 0 Å². The molecule has 0 saturated carbocycles. The Hall–Kier alpha value is -2.55. The second-order valence-electron chi connectivity index (χ2n) is 6.56. The number of sulfone groups is 1. The summed E-state index contributed by atoms with van der Waals surface area (Å²) < 4.78 is 36.1. The zero-order chi connectivity index (χ0) is 19.4. The van der Waals surface area contributed by atoms with E-state index in [9.17, 15) is 17.6 Å². The van der Waals surface area contributed by atoms with E-state index in [-0.39, 0.29) is 35.0 Å².